The Balaban J connectivity index is 2.29. The van der Waals surface area contributed by atoms with E-state index in [9.17, 15) is 31.2 Å². The highest BCUT2D eigenvalue weighted by molar-refractivity contribution is 7.88. The molecule has 14 heteroatoms. The summed E-state index contributed by atoms with van der Waals surface area (Å²) in [5, 5.41) is 2.42. The second kappa shape index (κ2) is 14.2. The number of thiophene rings is 1. The summed E-state index contributed by atoms with van der Waals surface area (Å²) in [6, 6.07) is 7.91. The van der Waals surface area contributed by atoms with Gasteiger partial charge in [-0.15, -0.1) is 11.3 Å². The number of aryl methyl sites for hydroxylation is 1. The molecule has 1 heterocycles. The van der Waals surface area contributed by atoms with E-state index in [2.05, 4.69) is 9.50 Å². The van der Waals surface area contributed by atoms with Crippen molar-refractivity contribution in [2.24, 2.45) is 0 Å². The minimum atomic E-state index is -5.94. The predicted molar refractivity (Wildman–Crippen MR) is 143 cm³/mol. The predicted octanol–water partition coefficient (Wildman–Crippen LogP) is 5.61. The SMILES string of the molecule is CCOC(=O)CCOCC(Cc1ccc(OS(=O)(=O)C(F)(F)F)c(CNC(=O)OC(C)(C)C)c1)c1ccc(C)s1. The molecule has 0 aliphatic carbocycles. The standard InChI is InChI=1S/C26H34F3NO8S2/c1-6-36-23(31)11-12-35-16-20(22-10-7-17(2)39-22)14-18-8-9-21(38-40(33,34)26(27,28)29)19(13-18)15-30-24(32)37-25(3,4)5/h7-10,13,20H,6,11-12,14-16H2,1-5H3,(H,30,32). The van der Waals surface area contributed by atoms with E-state index in [-0.39, 0.29) is 50.2 Å². The molecule has 0 fully saturated rings. The first-order valence-corrected chi connectivity index (χ1v) is 14.6. The maximum atomic E-state index is 13.0. The van der Waals surface area contributed by atoms with Crippen LogP contribution in [0.1, 0.15) is 60.9 Å². The zero-order valence-corrected chi connectivity index (χ0v) is 24.6. The minimum absolute atomic E-state index is 0.000485. The normalized spacial score (nSPS) is 13.0. The van der Waals surface area contributed by atoms with Gasteiger partial charge in [-0.25, -0.2) is 4.79 Å². The molecule has 1 N–H and O–H groups in total. The van der Waals surface area contributed by atoms with Crippen LogP contribution in [0.4, 0.5) is 18.0 Å². The summed E-state index contributed by atoms with van der Waals surface area (Å²) in [5.41, 5.74) is -5.84. The minimum Gasteiger partial charge on any atom is -0.466 e. The topological polar surface area (TPSA) is 117 Å². The van der Waals surface area contributed by atoms with Crippen molar-refractivity contribution in [2.45, 2.75) is 71.0 Å². The monoisotopic (exact) mass is 609 g/mol. The Morgan fingerprint density at radius 2 is 1.80 bits per heavy atom. The highest BCUT2D eigenvalue weighted by atomic mass is 32.2. The maximum Gasteiger partial charge on any atom is 0.534 e. The number of ether oxygens (including phenoxy) is 3. The molecular weight excluding hydrogens is 575 g/mol. The number of benzene rings is 1. The number of carbonyl (C=O) groups excluding carboxylic acids is 2. The highest BCUT2D eigenvalue weighted by Crippen LogP contribution is 2.32. The molecule has 40 heavy (non-hydrogen) atoms. The quantitative estimate of drug-likeness (QED) is 0.135. The number of hydrogen-bond donors (Lipinski definition) is 1. The van der Waals surface area contributed by atoms with Crippen molar-refractivity contribution in [3.63, 3.8) is 0 Å². The molecule has 1 aromatic heterocycles. The number of hydrogen-bond acceptors (Lipinski definition) is 9. The number of esters is 1. The number of alkyl halides is 3. The number of nitrogens with one attached hydrogen (secondary N) is 1. The maximum absolute atomic E-state index is 13.0. The molecule has 9 nitrogen and oxygen atoms in total. The van der Waals surface area contributed by atoms with E-state index in [1.54, 1.807) is 39.0 Å². The fourth-order valence-electron chi connectivity index (χ4n) is 3.44. The van der Waals surface area contributed by atoms with Gasteiger partial charge in [0, 0.05) is 27.8 Å². The first kappa shape index (κ1) is 33.4. The third-order valence-corrected chi connectivity index (χ3v) is 7.28. The first-order valence-electron chi connectivity index (χ1n) is 12.4. The summed E-state index contributed by atoms with van der Waals surface area (Å²) in [7, 11) is -5.94. The van der Waals surface area contributed by atoms with Crippen LogP contribution in [0.25, 0.3) is 0 Å². The Morgan fingerprint density at radius 3 is 2.38 bits per heavy atom. The molecule has 0 saturated carbocycles. The van der Waals surface area contributed by atoms with Gasteiger partial charge in [-0.05, 0) is 64.8 Å². The number of carbonyl (C=O) groups is 2. The summed E-state index contributed by atoms with van der Waals surface area (Å²) in [4.78, 5) is 25.8. The molecule has 0 saturated heterocycles. The summed E-state index contributed by atoms with van der Waals surface area (Å²) < 4.78 is 82.5. The van der Waals surface area contributed by atoms with Gasteiger partial charge in [0.2, 0.25) is 0 Å². The van der Waals surface area contributed by atoms with E-state index in [0.717, 1.165) is 15.8 Å². The summed E-state index contributed by atoms with van der Waals surface area (Å²) in [5.74, 6) is -1.14. The van der Waals surface area contributed by atoms with Crippen LogP contribution in [0.5, 0.6) is 5.75 Å². The van der Waals surface area contributed by atoms with Crippen LogP contribution in [-0.4, -0.2) is 51.4 Å². The molecular formula is C26H34F3NO8S2. The lowest BCUT2D eigenvalue weighted by Gasteiger charge is -2.21. The molecule has 2 aromatic rings. The van der Waals surface area contributed by atoms with Gasteiger partial charge in [-0.1, -0.05) is 12.1 Å². The number of alkyl carbamates (subject to hydrolysis) is 1. The average Bonchev–Trinajstić information content (AvgIpc) is 3.25. The van der Waals surface area contributed by atoms with Crippen LogP contribution >= 0.6 is 11.3 Å². The van der Waals surface area contributed by atoms with Crippen LogP contribution in [0.3, 0.4) is 0 Å². The van der Waals surface area contributed by atoms with Gasteiger partial charge >= 0.3 is 27.7 Å². The molecule has 0 radical (unpaired) electrons. The highest BCUT2D eigenvalue weighted by Gasteiger charge is 2.48. The van der Waals surface area contributed by atoms with Gasteiger partial charge in [-0.2, -0.15) is 21.6 Å². The molecule has 1 amide bonds. The third kappa shape index (κ3) is 11.0. The van der Waals surface area contributed by atoms with Crippen LogP contribution in [0, 0.1) is 6.92 Å². The van der Waals surface area contributed by atoms with Gasteiger partial charge in [-0.3, -0.25) is 4.79 Å². The molecule has 0 aliphatic heterocycles. The summed E-state index contributed by atoms with van der Waals surface area (Å²) in [6.07, 6.45) is -0.389. The van der Waals surface area contributed by atoms with Crippen LogP contribution in [0.2, 0.25) is 0 Å². The van der Waals surface area contributed by atoms with Crippen molar-refractivity contribution < 1.29 is 49.6 Å². The second-order valence-corrected chi connectivity index (χ2v) is 12.6. The van der Waals surface area contributed by atoms with E-state index >= 15 is 0 Å². The summed E-state index contributed by atoms with van der Waals surface area (Å²) >= 11 is 1.55. The average molecular weight is 610 g/mol. The second-order valence-electron chi connectivity index (χ2n) is 9.76. The lowest BCUT2D eigenvalue weighted by Crippen LogP contribution is -2.32. The number of halogens is 3. The van der Waals surface area contributed by atoms with Crippen LogP contribution in [0.15, 0.2) is 30.3 Å². The lowest BCUT2D eigenvalue weighted by molar-refractivity contribution is -0.144. The van der Waals surface area contributed by atoms with Gasteiger partial charge < -0.3 is 23.7 Å². The third-order valence-electron chi connectivity index (χ3n) is 5.15. The van der Waals surface area contributed by atoms with E-state index in [1.165, 1.54) is 12.1 Å². The van der Waals surface area contributed by atoms with Gasteiger partial charge in [0.15, 0.2) is 0 Å². The van der Waals surface area contributed by atoms with E-state index in [0.29, 0.717) is 12.0 Å². The Labute approximate surface area is 236 Å². The van der Waals surface area contributed by atoms with E-state index < -0.39 is 33.1 Å². The Bertz CT molecular complexity index is 1250. The first-order chi connectivity index (χ1) is 18.5. The fraction of sp³-hybridized carbons (Fsp3) is 0.538. The van der Waals surface area contributed by atoms with Crippen molar-refractivity contribution in [3.8, 4) is 5.75 Å². The molecule has 0 spiro atoms. The lowest BCUT2D eigenvalue weighted by atomic mass is 9.96. The van der Waals surface area contributed by atoms with Crippen molar-refractivity contribution >= 4 is 33.5 Å². The fourth-order valence-corrected chi connectivity index (χ4v) is 4.89. The Kier molecular flexibility index (Phi) is 11.8. The van der Waals surface area contributed by atoms with Gasteiger partial charge in [0.05, 0.1) is 26.2 Å². The number of amides is 1. The van der Waals surface area contributed by atoms with Gasteiger partial charge in [0.1, 0.15) is 11.4 Å². The van der Waals surface area contributed by atoms with Crippen molar-refractivity contribution in [3.05, 3.63) is 51.2 Å². The van der Waals surface area contributed by atoms with E-state index in [4.69, 9.17) is 14.2 Å². The van der Waals surface area contributed by atoms with Crippen molar-refractivity contribution in [1.82, 2.24) is 5.32 Å². The largest absolute Gasteiger partial charge is 0.534 e. The van der Waals surface area contributed by atoms with Gasteiger partial charge in [0.25, 0.3) is 0 Å². The molecule has 0 aliphatic rings. The number of rotatable bonds is 13. The van der Waals surface area contributed by atoms with Crippen LogP contribution < -0.4 is 9.50 Å². The molecule has 1 unspecified atom stereocenters. The molecule has 1 aromatic carbocycles. The smallest absolute Gasteiger partial charge is 0.466 e. The molecule has 2 rings (SSSR count). The van der Waals surface area contributed by atoms with Crippen molar-refractivity contribution in [2.75, 3.05) is 19.8 Å². The summed E-state index contributed by atoms with van der Waals surface area (Å²) in [6.45, 7) is 8.87. The zero-order chi connectivity index (χ0) is 30.1. The Hall–Kier alpha value is -2.84. The zero-order valence-electron chi connectivity index (χ0n) is 22.9. The molecule has 0 bridgehead atoms. The molecule has 1 atom stereocenters. The van der Waals surface area contributed by atoms with E-state index in [1.807, 2.05) is 19.1 Å². The molecule has 224 valence electrons. The van der Waals surface area contributed by atoms with Crippen molar-refractivity contribution in [1.29, 1.82) is 0 Å². The van der Waals surface area contributed by atoms with Crippen LogP contribution in [-0.2, 0) is 42.1 Å². The Morgan fingerprint density at radius 1 is 1.10 bits per heavy atom.